The molecule has 3 rings (SSSR count). The van der Waals surface area contributed by atoms with E-state index in [0.29, 0.717) is 18.9 Å². The Hall–Kier alpha value is -3.35. The molecule has 0 amide bonds. The fraction of sp³-hybridized carbons (Fsp3) is 0.400. The molecule has 0 radical (unpaired) electrons. The number of benzene rings is 2. The minimum Gasteiger partial charge on any atom is -0.494 e. The average molecular weight is 437 g/mol. The zero-order valence-electron chi connectivity index (χ0n) is 19.2. The SMILES string of the molecule is C=C(NN=NC)c1ccc(OCCCCOc2ccc3c(CC)noc3c2CCC)cc1. The van der Waals surface area contributed by atoms with E-state index in [0.717, 1.165) is 71.4 Å². The molecule has 0 atom stereocenters. The maximum atomic E-state index is 6.09. The summed E-state index contributed by atoms with van der Waals surface area (Å²) < 4.78 is 17.6. The fourth-order valence-corrected chi connectivity index (χ4v) is 3.47. The molecule has 3 aromatic rings. The van der Waals surface area contributed by atoms with Gasteiger partial charge < -0.3 is 14.0 Å². The molecule has 0 saturated heterocycles. The number of ether oxygens (including phenoxy) is 2. The lowest BCUT2D eigenvalue weighted by atomic mass is 10.0. The van der Waals surface area contributed by atoms with E-state index in [-0.39, 0.29) is 0 Å². The normalized spacial score (nSPS) is 11.2. The molecule has 0 bridgehead atoms. The van der Waals surface area contributed by atoms with Gasteiger partial charge in [0.05, 0.1) is 31.7 Å². The molecule has 7 nitrogen and oxygen atoms in total. The number of fused-ring (bicyclic) bond motifs is 1. The second-order valence-electron chi connectivity index (χ2n) is 7.47. The van der Waals surface area contributed by atoms with E-state index in [1.54, 1.807) is 7.05 Å². The first-order valence-electron chi connectivity index (χ1n) is 11.2. The van der Waals surface area contributed by atoms with Gasteiger partial charge in [0, 0.05) is 10.9 Å². The van der Waals surface area contributed by atoms with Gasteiger partial charge in [0.2, 0.25) is 0 Å². The highest BCUT2D eigenvalue weighted by molar-refractivity contribution is 5.84. The Balaban J connectivity index is 1.45. The van der Waals surface area contributed by atoms with Crippen LogP contribution in [0.25, 0.3) is 16.7 Å². The quantitative estimate of drug-likeness (QED) is 0.198. The molecule has 7 heteroatoms. The Bertz CT molecular complexity index is 1040. The number of rotatable bonds is 13. The number of nitrogens with one attached hydrogen (secondary N) is 1. The van der Waals surface area contributed by atoms with Gasteiger partial charge in [-0.2, -0.15) is 5.11 Å². The Morgan fingerprint density at radius 3 is 2.50 bits per heavy atom. The summed E-state index contributed by atoms with van der Waals surface area (Å²) in [6, 6.07) is 11.8. The zero-order valence-corrected chi connectivity index (χ0v) is 19.2. The second kappa shape index (κ2) is 11.9. The molecule has 1 heterocycles. The van der Waals surface area contributed by atoms with Gasteiger partial charge in [0.1, 0.15) is 11.5 Å². The number of hydrogen-bond acceptors (Lipinski definition) is 6. The molecular formula is C25H32N4O3. The summed E-state index contributed by atoms with van der Waals surface area (Å²) in [5.74, 6) is 1.72. The van der Waals surface area contributed by atoms with Crippen molar-refractivity contribution in [2.24, 2.45) is 10.3 Å². The van der Waals surface area contributed by atoms with Crippen LogP contribution in [0.3, 0.4) is 0 Å². The summed E-state index contributed by atoms with van der Waals surface area (Å²) in [6.07, 6.45) is 4.60. The van der Waals surface area contributed by atoms with Gasteiger partial charge >= 0.3 is 0 Å². The molecule has 0 aliphatic heterocycles. The number of aryl methyl sites for hydroxylation is 2. The van der Waals surface area contributed by atoms with Crippen LogP contribution in [0.4, 0.5) is 0 Å². The van der Waals surface area contributed by atoms with E-state index in [4.69, 9.17) is 14.0 Å². The van der Waals surface area contributed by atoms with Crippen LogP contribution >= 0.6 is 0 Å². The van der Waals surface area contributed by atoms with Crippen molar-refractivity contribution in [3.8, 4) is 11.5 Å². The van der Waals surface area contributed by atoms with Gasteiger partial charge in [-0.3, -0.25) is 5.43 Å². The van der Waals surface area contributed by atoms with E-state index >= 15 is 0 Å². The highest BCUT2D eigenvalue weighted by atomic mass is 16.5. The maximum absolute atomic E-state index is 6.09. The van der Waals surface area contributed by atoms with Crippen LogP contribution in [-0.4, -0.2) is 25.4 Å². The van der Waals surface area contributed by atoms with Crippen LogP contribution in [-0.2, 0) is 12.8 Å². The summed E-state index contributed by atoms with van der Waals surface area (Å²) in [5, 5.41) is 12.7. The van der Waals surface area contributed by atoms with Crippen molar-refractivity contribution in [3.63, 3.8) is 0 Å². The minimum absolute atomic E-state index is 0.634. The standard InChI is InChI=1S/C25H32N4O3/c1-5-9-22-24(15-14-21-23(6-2)28-32-25(21)22)31-17-8-7-16-30-20-12-10-19(11-13-20)18(3)27-29-26-4/h10-15H,3,5-9,16-17H2,1-2,4H3,(H,26,27). The van der Waals surface area contributed by atoms with E-state index < -0.39 is 0 Å². The van der Waals surface area contributed by atoms with Crippen molar-refractivity contribution < 1.29 is 14.0 Å². The van der Waals surface area contributed by atoms with Crippen LogP contribution in [0, 0.1) is 0 Å². The van der Waals surface area contributed by atoms with Crippen molar-refractivity contribution >= 4 is 16.7 Å². The molecule has 0 fully saturated rings. The first-order valence-corrected chi connectivity index (χ1v) is 11.2. The summed E-state index contributed by atoms with van der Waals surface area (Å²) in [6.45, 7) is 9.44. The molecule has 0 saturated carbocycles. The third-order valence-corrected chi connectivity index (χ3v) is 5.16. The van der Waals surface area contributed by atoms with E-state index in [1.807, 2.05) is 30.3 Å². The van der Waals surface area contributed by atoms with Gasteiger partial charge in [-0.15, -0.1) is 0 Å². The summed E-state index contributed by atoms with van der Waals surface area (Å²) in [5.41, 5.74) is 7.39. The predicted molar refractivity (Wildman–Crippen MR) is 127 cm³/mol. The van der Waals surface area contributed by atoms with Crippen LogP contribution < -0.4 is 14.9 Å². The lowest BCUT2D eigenvalue weighted by Gasteiger charge is -2.12. The maximum Gasteiger partial charge on any atom is 0.174 e. The number of nitrogens with zero attached hydrogens (tertiary/aromatic N) is 3. The largest absolute Gasteiger partial charge is 0.494 e. The Morgan fingerprint density at radius 1 is 1.06 bits per heavy atom. The lowest BCUT2D eigenvalue weighted by Crippen LogP contribution is -2.04. The van der Waals surface area contributed by atoms with Gasteiger partial charge in [-0.25, -0.2) is 0 Å². The number of unbranched alkanes of at least 4 members (excludes halogenated alkanes) is 1. The van der Waals surface area contributed by atoms with E-state index in [2.05, 4.69) is 47.4 Å². The lowest BCUT2D eigenvalue weighted by molar-refractivity contribution is 0.265. The molecular weight excluding hydrogens is 404 g/mol. The molecule has 170 valence electrons. The van der Waals surface area contributed by atoms with Crippen LogP contribution in [0.2, 0.25) is 0 Å². The zero-order chi connectivity index (χ0) is 22.8. The minimum atomic E-state index is 0.634. The molecule has 1 aromatic heterocycles. The van der Waals surface area contributed by atoms with Crippen molar-refractivity contribution in [2.45, 2.75) is 46.0 Å². The van der Waals surface area contributed by atoms with Gasteiger partial charge in [0.15, 0.2) is 5.58 Å². The fourth-order valence-electron chi connectivity index (χ4n) is 3.47. The summed E-state index contributed by atoms with van der Waals surface area (Å²) in [4.78, 5) is 0. The predicted octanol–water partition coefficient (Wildman–Crippen LogP) is 6.14. The highest BCUT2D eigenvalue weighted by Gasteiger charge is 2.15. The number of aromatic nitrogens is 1. The molecule has 1 N–H and O–H groups in total. The van der Waals surface area contributed by atoms with Crippen LogP contribution in [0.1, 0.15) is 49.9 Å². The third-order valence-electron chi connectivity index (χ3n) is 5.16. The highest BCUT2D eigenvalue weighted by Crippen LogP contribution is 2.31. The van der Waals surface area contributed by atoms with E-state index in [1.165, 1.54) is 0 Å². The molecule has 0 aliphatic rings. The summed E-state index contributed by atoms with van der Waals surface area (Å²) >= 11 is 0. The Morgan fingerprint density at radius 2 is 1.81 bits per heavy atom. The van der Waals surface area contributed by atoms with Crippen molar-refractivity contribution in [1.82, 2.24) is 10.6 Å². The van der Waals surface area contributed by atoms with Crippen molar-refractivity contribution in [3.05, 3.63) is 59.8 Å². The molecule has 0 aliphatic carbocycles. The second-order valence-corrected chi connectivity index (χ2v) is 7.47. The first-order chi connectivity index (χ1) is 15.7. The topological polar surface area (TPSA) is 81.2 Å². The molecule has 2 aromatic carbocycles. The molecule has 0 unspecified atom stereocenters. The summed E-state index contributed by atoms with van der Waals surface area (Å²) in [7, 11) is 1.60. The first kappa shape index (κ1) is 23.3. The third kappa shape index (κ3) is 5.87. The Kier molecular flexibility index (Phi) is 8.66. The van der Waals surface area contributed by atoms with Crippen molar-refractivity contribution in [1.29, 1.82) is 0 Å². The van der Waals surface area contributed by atoms with Crippen LogP contribution in [0.5, 0.6) is 11.5 Å². The monoisotopic (exact) mass is 436 g/mol. The molecule has 32 heavy (non-hydrogen) atoms. The van der Waals surface area contributed by atoms with Gasteiger partial charge in [-0.05, 0) is 67.6 Å². The van der Waals surface area contributed by atoms with Crippen LogP contribution in [0.15, 0.2) is 57.8 Å². The number of hydrogen-bond donors (Lipinski definition) is 1. The average Bonchev–Trinajstić information content (AvgIpc) is 3.24. The van der Waals surface area contributed by atoms with Gasteiger partial charge in [-0.1, -0.05) is 37.2 Å². The smallest absolute Gasteiger partial charge is 0.174 e. The van der Waals surface area contributed by atoms with Gasteiger partial charge in [0.25, 0.3) is 0 Å². The van der Waals surface area contributed by atoms with E-state index in [9.17, 15) is 0 Å². The Labute approximate surface area is 189 Å². The molecule has 0 spiro atoms. The van der Waals surface area contributed by atoms with Crippen molar-refractivity contribution in [2.75, 3.05) is 20.3 Å².